The van der Waals surface area contributed by atoms with E-state index in [1.807, 2.05) is 36.4 Å². The van der Waals surface area contributed by atoms with Gasteiger partial charge < -0.3 is 10.1 Å². The zero-order valence-corrected chi connectivity index (χ0v) is 14.5. The minimum absolute atomic E-state index is 0.292. The molecule has 2 aromatic heterocycles. The highest BCUT2D eigenvalue weighted by atomic mass is 16.5. The summed E-state index contributed by atoms with van der Waals surface area (Å²) in [5, 5.41) is 13.8. The zero-order valence-electron chi connectivity index (χ0n) is 14.5. The first-order chi connectivity index (χ1) is 12.8. The normalized spacial score (nSPS) is 14.3. The van der Waals surface area contributed by atoms with E-state index in [4.69, 9.17) is 4.74 Å². The molecule has 130 valence electrons. The van der Waals surface area contributed by atoms with Gasteiger partial charge in [0.1, 0.15) is 12.2 Å². The van der Waals surface area contributed by atoms with Crippen LogP contribution in [0.3, 0.4) is 0 Å². The molecule has 1 fully saturated rings. The second-order valence-corrected chi connectivity index (χ2v) is 6.56. The van der Waals surface area contributed by atoms with E-state index >= 15 is 0 Å². The molecule has 0 radical (unpaired) electrons. The van der Waals surface area contributed by atoms with Gasteiger partial charge >= 0.3 is 0 Å². The minimum Gasteiger partial charge on any atom is -0.474 e. The van der Waals surface area contributed by atoms with Gasteiger partial charge in [0.05, 0.1) is 16.8 Å². The van der Waals surface area contributed by atoms with E-state index in [0.29, 0.717) is 24.1 Å². The lowest BCUT2D eigenvalue weighted by molar-refractivity contribution is 0.201. The molecule has 0 aliphatic heterocycles. The molecular weight excluding hydrogens is 324 g/mol. The van der Waals surface area contributed by atoms with Crippen molar-refractivity contribution in [2.45, 2.75) is 38.3 Å². The van der Waals surface area contributed by atoms with Crippen molar-refractivity contribution < 1.29 is 4.74 Å². The Balaban J connectivity index is 1.54. The molecule has 0 spiro atoms. The number of para-hydroxylation sites is 1. The van der Waals surface area contributed by atoms with E-state index in [-0.39, 0.29) is 0 Å². The molecule has 26 heavy (non-hydrogen) atoms. The predicted molar refractivity (Wildman–Crippen MR) is 101 cm³/mol. The van der Waals surface area contributed by atoms with E-state index in [1.54, 1.807) is 12.4 Å². The first kappa shape index (κ1) is 16.3. The van der Waals surface area contributed by atoms with Gasteiger partial charge in [-0.3, -0.25) is 4.98 Å². The summed E-state index contributed by atoms with van der Waals surface area (Å²) in [6.45, 7) is 0.590. The molecule has 0 amide bonds. The number of nitriles is 1. The summed E-state index contributed by atoms with van der Waals surface area (Å²) < 4.78 is 5.98. The summed E-state index contributed by atoms with van der Waals surface area (Å²) in [6, 6.07) is 14.0. The maximum atomic E-state index is 9.42. The summed E-state index contributed by atoms with van der Waals surface area (Å²) in [5.41, 5.74) is 3.29. The lowest BCUT2D eigenvalue weighted by Gasteiger charge is -2.14. The van der Waals surface area contributed by atoms with Crippen molar-refractivity contribution in [2.75, 3.05) is 5.32 Å². The molecule has 0 unspecified atom stereocenters. The highest BCUT2D eigenvalue weighted by Gasteiger charge is 2.17. The van der Waals surface area contributed by atoms with Crippen molar-refractivity contribution in [3.63, 3.8) is 0 Å². The molecule has 0 atom stereocenters. The van der Waals surface area contributed by atoms with E-state index < -0.39 is 0 Å². The molecule has 1 N–H and O–H groups in total. The Morgan fingerprint density at radius 3 is 2.85 bits per heavy atom. The summed E-state index contributed by atoms with van der Waals surface area (Å²) >= 11 is 0. The van der Waals surface area contributed by atoms with Gasteiger partial charge in [0, 0.05) is 30.4 Å². The molecule has 1 aromatic carbocycles. The second-order valence-electron chi connectivity index (χ2n) is 6.56. The van der Waals surface area contributed by atoms with Crippen molar-refractivity contribution in [1.82, 2.24) is 9.97 Å². The van der Waals surface area contributed by atoms with Crippen LogP contribution in [0.1, 0.15) is 36.8 Å². The molecule has 2 heterocycles. The quantitative estimate of drug-likeness (QED) is 0.741. The van der Waals surface area contributed by atoms with Gasteiger partial charge in [-0.25, -0.2) is 4.98 Å². The van der Waals surface area contributed by atoms with Crippen molar-refractivity contribution in [3.05, 3.63) is 59.9 Å². The number of ether oxygens (including phenoxy) is 1. The number of hydrogen-bond donors (Lipinski definition) is 1. The molecule has 0 saturated heterocycles. The van der Waals surface area contributed by atoms with Crippen molar-refractivity contribution in [1.29, 1.82) is 5.26 Å². The van der Waals surface area contributed by atoms with E-state index in [2.05, 4.69) is 21.4 Å². The fraction of sp³-hybridized carbons (Fsp3) is 0.286. The predicted octanol–water partition coefficient (Wildman–Crippen LogP) is 4.43. The average Bonchev–Trinajstić information content (AvgIpc) is 3.19. The monoisotopic (exact) mass is 344 g/mol. The average molecular weight is 344 g/mol. The Morgan fingerprint density at radius 2 is 2.00 bits per heavy atom. The van der Waals surface area contributed by atoms with E-state index in [1.165, 1.54) is 12.8 Å². The van der Waals surface area contributed by atoms with Crippen LogP contribution in [0.5, 0.6) is 5.88 Å². The first-order valence-electron chi connectivity index (χ1n) is 8.97. The molecule has 1 aliphatic rings. The molecule has 4 rings (SSSR count). The van der Waals surface area contributed by atoms with Crippen LogP contribution in [-0.2, 0) is 6.54 Å². The van der Waals surface area contributed by atoms with E-state index in [0.717, 1.165) is 35.0 Å². The number of anilines is 1. The van der Waals surface area contributed by atoms with Gasteiger partial charge in [0.2, 0.25) is 5.88 Å². The summed E-state index contributed by atoms with van der Waals surface area (Å²) in [6.07, 6.45) is 8.37. The molecule has 1 aliphatic carbocycles. The number of hydrogen-bond acceptors (Lipinski definition) is 5. The third-order valence-electron chi connectivity index (χ3n) is 4.75. The SMILES string of the molecule is N#Cc1cnc2ccccc2c1NCc1ccnc(OC2CCCC2)c1. The van der Waals surface area contributed by atoms with Crippen molar-refractivity contribution in [3.8, 4) is 11.9 Å². The molecule has 3 aromatic rings. The fourth-order valence-corrected chi connectivity index (χ4v) is 3.41. The van der Waals surface area contributed by atoms with Crippen LogP contribution in [0.25, 0.3) is 10.9 Å². The second kappa shape index (κ2) is 7.40. The third kappa shape index (κ3) is 3.45. The summed E-state index contributed by atoms with van der Waals surface area (Å²) in [7, 11) is 0. The highest BCUT2D eigenvalue weighted by Crippen LogP contribution is 2.27. The number of nitrogens with one attached hydrogen (secondary N) is 1. The molecule has 0 bridgehead atoms. The Bertz CT molecular complexity index is 958. The lowest BCUT2D eigenvalue weighted by Crippen LogP contribution is -2.12. The largest absolute Gasteiger partial charge is 0.474 e. The number of nitrogens with zero attached hydrogens (tertiary/aromatic N) is 3. The number of pyridine rings is 2. The Morgan fingerprint density at radius 1 is 1.15 bits per heavy atom. The van der Waals surface area contributed by atoms with Gasteiger partial charge in [-0.15, -0.1) is 0 Å². The highest BCUT2D eigenvalue weighted by molar-refractivity contribution is 5.93. The van der Waals surface area contributed by atoms with Crippen LogP contribution in [-0.4, -0.2) is 16.1 Å². The fourth-order valence-electron chi connectivity index (χ4n) is 3.41. The number of aromatic nitrogens is 2. The van der Waals surface area contributed by atoms with Crippen LogP contribution in [0, 0.1) is 11.3 Å². The van der Waals surface area contributed by atoms with Gasteiger partial charge in [-0.2, -0.15) is 5.26 Å². The molecule has 5 nitrogen and oxygen atoms in total. The van der Waals surface area contributed by atoms with Crippen molar-refractivity contribution in [2.24, 2.45) is 0 Å². The Kier molecular flexibility index (Phi) is 4.65. The van der Waals surface area contributed by atoms with Gasteiger partial charge in [0.15, 0.2) is 0 Å². The maximum Gasteiger partial charge on any atom is 0.213 e. The molecule has 5 heteroatoms. The number of rotatable bonds is 5. The van der Waals surface area contributed by atoms with E-state index in [9.17, 15) is 5.26 Å². The third-order valence-corrected chi connectivity index (χ3v) is 4.75. The standard InChI is InChI=1S/C21H20N4O/c22-12-16-14-24-19-8-4-3-7-18(19)21(16)25-13-15-9-10-23-20(11-15)26-17-5-1-2-6-17/h3-4,7-11,14,17H,1-2,5-6,13H2,(H,24,25). The van der Waals surface area contributed by atoms with Crippen LogP contribution in [0.4, 0.5) is 5.69 Å². The van der Waals surface area contributed by atoms with Crippen LogP contribution >= 0.6 is 0 Å². The van der Waals surface area contributed by atoms with Crippen molar-refractivity contribution >= 4 is 16.6 Å². The Hall–Kier alpha value is -3.13. The van der Waals surface area contributed by atoms with Crippen LogP contribution < -0.4 is 10.1 Å². The maximum absolute atomic E-state index is 9.42. The zero-order chi connectivity index (χ0) is 17.8. The molecular formula is C21H20N4O. The van der Waals surface area contributed by atoms with Crippen LogP contribution in [0.15, 0.2) is 48.8 Å². The number of benzene rings is 1. The summed E-state index contributed by atoms with van der Waals surface area (Å²) in [4.78, 5) is 8.68. The Labute approximate surface area is 152 Å². The van der Waals surface area contributed by atoms with Gasteiger partial charge in [-0.05, 0) is 43.4 Å². The van der Waals surface area contributed by atoms with Crippen LogP contribution in [0.2, 0.25) is 0 Å². The first-order valence-corrected chi connectivity index (χ1v) is 8.97. The smallest absolute Gasteiger partial charge is 0.213 e. The number of fused-ring (bicyclic) bond motifs is 1. The van der Waals surface area contributed by atoms with Gasteiger partial charge in [-0.1, -0.05) is 18.2 Å². The molecule has 1 saturated carbocycles. The summed E-state index contributed by atoms with van der Waals surface area (Å²) in [5.74, 6) is 0.677. The topological polar surface area (TPSA) is 70.8 Å². The lowest BCUT2D eigenvalue weighted by atomic mass is 10.1. The van der Waals surface area contributed by atoms with Gasteiger partial charge in [0.25, 0.3) is 0 Å². The minimum atomic E-state index is 0.292.